The number of hydrogen-bond donors (Lipinski definition) is 0. The van der Waals surface area contributed by atoms with Crippen molar-refractivity contribution < 1.29 is 13.2 Å². The number of alkyl halides is 3. The van der Waals surface area contributed by atoms with Crippen LogP contribution in [0, 0.1) is 0 Å². The Balaban J connectivity index is 2.30. The van der Waals surface area contributed by atoms with Crippen molar-refractivity contribution in [2.24, 2.45) is 0 Å². The van der Waals surface area contributed by atoms with Gasteiger partial charge < -0.3 is 0 Å². The first-order valence-electron chi connectivity index (χ1n) is 5.68. The maximum Gasteiger partial charge on any atom is 0.416 e. The van der Waals surface area contributed by atoms with Gasteiger partial charge in [0.15, 0.2) is 0 Å². The predicted molar refractivity (Wildman–Crippen MR) is 66.9 cm³/mol. The molecule has 0 unspecified atom stereocenters. The third kappa shape index (κ3) is 2.92. The number of allylic oxidation sites excluding steroid dienone is 6. The van der Waals surface area contributed by atoms with Gasteiger partial charge in [0.2, 0.25) is 0 Å². The molecule has 1 aliphatic carbocycles. The SMILES string of the molecule is CC1=CC=C(c2ccc(C(F)(F)F)cc2)C=CC1. The van der Waals surface area contributed by atoms with Gasteiger partial charge in [-0.1, -0.05) is 42.0 Å². The summed E-state index contributed by atoms with van der Waals surface area (Å²) in [6, 6.07) is 5.25. The van der Waals surface area contributed by atoms with Gasteiger partial charge in [0.05, 0.1) is 5.56 Å². The Bertz CT molecular complexity index is 514. The summed E-state index contributed by atoms with van der Waals surface area (Å²) in [6.45, 7) is 2.02. The van der Waals surface area contributed by atoms with Gasteiger partial charge in [-0.3, -0.25) is 0 Å². The van der Waals surface area contributed by atoms with Crippen LogP contribution in [0.15, 0.2) is 54.1 Å². The van der Waals surface area contributed by atoms with Gasteiger partial charge in [0, 0.05) is 0 Å². The molecule has 0 fully saturated rings. The molecule has 0 atom stereocenters. The normalized spacial score (nSPS) is 16.0. The third-order valence-electron chi connectivity index (χ3n) is 2.83. The van der Waals surface area contributed by atoms with Crippen LogP contribution in [0.25, 0.3) is 5.57 Å². The van der Waals surface area contributed by atoms with E-state index in [1.165, 1.54) is 17.7 Å². The van der Waals surface area contributed by atoms with E-state index >= 15 is 0 Å². The van der Waals surface area contributed by atoms with Crippen LogP contribution >= 0.6 is 0 Å². The largest absolute Gasteiger partial charge is 0.416 e. The van der Waals surface area contributed by atoms with Crippen molar-refractivity contribution in [1.29, 1.82) is 0 Å². The molecule has 3 heteroatoms. The van der Waals surface area contributed by atoms with E-state index in [4.69, 9.17) is 0 Å². The monoisotopic (exact) mass is 250 g/mol. The zero-order chi connectivity index (χ0) is 13.2. The first-order chi connectivity index (χ1) is 8.47. The molecule has 0 N–H and O–H groups in total. The molecular formula is C15H13F3. The molecule has 2 rings (SSSR count). The van der Waals surface area contributed by atoms with E-state index in [1.807, 2.05) is 31.2 Å². The van der Waals surface area contributed by atoms with Crippen LogP contribution in [0.3, 0.4) is 0 Å². The second-order valence-corrected chi connectivity index (χ2v) is 4.32. The summed E-state index contributed by atoms with van der Waals surface area (Å²) >= 11 is 0. The van der Waals surface area contributed by atoms with E-state index in [0.29, 0.717) is 0 Å². The molecule has 94 valence electrons. The van der Waals surface area contributed by atoms with Gasteiger partial charge in [-0.15, -0.1) is 0 Å². The van der Waals surface area contributed by atoms with E-state index in [2.05, 4.69) is 0 Å². The molecule has 1 aliphatic rings. The average Bonchev–Trinajstić information content (AvgIpc) is 2.53. The summed E-state index contributed by atoms with van der Waals surface area (Å²) < 4.78 is 37.3. The maximum atomic E-state index is 12.4. The highest BCUT2D eigenvalue weighted by Gasteiger charge is 2.29. The summed E-state index contributed by atoms with van der Waals surface area (Å²) in [5, 5.41) is 0. The number of rotatable bonds is 1. The van der Waals surface area contributed by atoms with Crippen molar-refractivity contribution >= 4 is 5.57 Å². The molecule has 0 saturated heterocycles. The van der Waals surface area contributed by atoms with E-state index < -0.39 is 11.7 Å². The van der Waals surface area contributed by atoms with Crippen LogP contribution in [0.1, 0.15) is 24.5 Å². The molecule has 1 aromatic rings. The number of hydrogen-bond acceptors (Lipinski definition) is 0. The van der Waals surface area contributed by atoms with Crippen molar-refractivity contribution in [1.82, 2.24) is 0 Å². The van der Waals surface area contributed by atoms with Crippen LogP contribution in [0.2, 0.25) is 0 Å². The molecule has 0 spiro atoms. The lowest BCUT2D eigenvalue weighted by molar-refractivity contribution is -0.137. The Morgan fingerprint density at radius 2 is 1.67 bits per heavy atom. The third-order valence-corrected chi connectivity index (χ3v) is 2.83. The molecule has 18 heavy (non-hydrogen) atoms. The van der Waals surface area contributed by atoms with E-state index in [9.17, 15) is 13.2 Å². The molecule has 0 nitrogen and oxygen atoms in total. The van der Waals surface area contributed by atoms with E-state index in [0.717, 1.165) is 29.7 Å². The summed E-state index contributed by atoms with van der Waals surface area (Å²) in [7, 11) is 0. The second-order valence-electron chi connectivity index (χ2n) is 4.32. The van der Waals surface area contributed by atoms with Gasteiger partial charge in [-0.25, -0.2) is 0 Å². The Kier molecular flexibility index (Phi) is 3.41. The molecular weight excluding hydrogens is 237 g/mol. The lowest BCUT2D eigenvalue weighted by atomic mass is 10.0. The van der Waals surface area contributed by atoms with Gasteiger partial charge in [0.1, 0.15) is 0 Å². The quantitative estimate of drug-likeness (QED) is 0.658. The molecule has 0 aromatic heterocycles. The van der Waals surface area contributed by atoms with E-state index in [-0.39, 0.29) is 0 Å². The van der Waals surface area contributed by atoms with Crippen LogP contribution in [-0.4, -0.2) is 0 Å². The molecule has 0 saturated carbocycles. The molecule has 0 heterocycles. The fourth-order valence-electron chi connectivity index (χ4n) is 1.77. The minimum absolute atomic E-state index is 0.615. The summed E-state index contributed by atoms with van der Waals surface area (Å²) in [6.07, 6.45) is 4.48. The summed E-state index contributed by atoms with van der Waals surface area (Å²) in [5.41, 5.74) is 2.34. The topological polar surface area (TPSA) is 0 Å². The maximum absolute atomic E-state index is 12.4. The van der Waals surface area contributed by atoms with Crippen molar-refractivity contribution in [3.63, 3.8) is 0 Å². The fourth-order valence-corrected chi connectivity index (χ4v) is 1.77. The first-order valence-corrected chi connectivity index (χ1v) is 5.68. The van der Waals surface area contributed by atoms with Gasteiger partial charge in [0.25, 0.3) is 0 Å². The van der Waals surface area contributed by atoms with Crippen LogP contribution in [0.5, 0.6) is 0 Å². The number of halogens is 3. The summed E-state index contributed by atoms with van der Waals surface area (Å²) in [5.74, 6) is 0. The van der Waals surface area contributed by atoms with E-state index in [1.54, 1.807) is 0 Å². The Morgan fingerprint density at radius 3 is 2.28 bits per heavy atom. The van der Waals surface area contributed by atoms with Crippen molar-refractivity contribution in [3.05, 3.63) is 65.3 Å². The minimum atomic E-state index is -4.28. The highest BCUT2D eigenvalue weighted by atomic mass is 19.4. The molecule has 0 radical (unpaired) electrons. The zero-order valence-electron chi connectivity index (χ0n) is 9.96. The second kappa shape index (κ2) is 4.84. The molecule has 0 aliphatic heterocycles. The fraction of sp³-hybridized carbons (Fsp3) is 0.200. The number of benzene rings is 1. The standard InChI is InChI=1S/C15H13F3/c1-11-3-2-4-12(6-5-11)13-7-9-14(10-8-13)15(16,17)18/h2,4-10H,3H2,1H3. The smallest absolute Gasteiger partial charge is 0.166 e. The van der Waals surface area contributed by atoms with Crippen molar-refractivity contribution in [2.75, 3.05) is 0 Å². The lowest BCUT2D eigenvalue weighted by Gasteiger charge is -2.07. The van der Waals surface area contributed by atoms with Crippen LogP contribution in [0.4, 0.5) is 13.2 Å². The highest BCUT2D eigenvalue weighted by molar-refractivity contribution is 5.76. The molecule has 0 bridgehead atoms. The minimum Gasteiger partial charge on any atom is -0.166 e. The Labute approximate surface area is 104 Å². The average molecular weight is 250 g/mol. The predicted octanol–water partition coefficient (Wildman–Crippen LogP) is 5.00. The Hall–Kier alpha value is -1.77. The van der Waals surface area contributed by atoms with Gasteiger partial charge >= 0.3 is 6.18 Å². The lowest BCUT2D eigenvalue weighted by Crippen LogP contribution is -2.04. The highest BCUT2D eigenvalue weighted by Crippen LogP contribution is 2.30. The van der Waals surface area contributed by atoms with Crippen molar-refractivity contribution in [3.8, 4) is 0 Å². The van der Waals surface area contributed by atoms with Crippen LogP contribution in [-0.2, 0) is 6.18 Å². The zero-order valence-corrected chi connectivity index (χ0v) is 9.96. The molecule has 0 amide bonds. The van der Waals surface area contributed by atoms with Gasteiger partial charge in [-0.05, 0) is 36.6 Å². The van der Waals surface area contributed by atoms with Gasteiger partial charge in [-0.2, -0.15) is 13.2 Å². The summed E-state index contributed by atoms with van der Waals surface area (Å²) in [4.78, 5) is 0. The Morgan fingerprint density at radius 1 is 1.00 bits per heavy atom. The van der Waals surface area contributed by atoms with Crippen molar-refractivity contribution in [2.45, 2.75) is 19.5 Å². The molecule has 1 aromatic carbocycles. The first kappa shape index (κ1) is 12.7. The van der Waals surface area contributed by atoms with Crippen LogP contribution < -0.4 is 0 Å².